The van der Waals surface area contributed by atoms with Gasteiger partial charge in [0.15, 0.2) is 0 Å². The summed E-state index contributed by atoms with van der Waals surface area (Å²) in [5.41, 5.74) is 4.03. The second-order valence-corrected chi connectivity index (χ2v) is 7.58. The first-order valence-corrected chi connectivity index (χ1v) is 10.3. The molecule has 4 rings (SSSR count). The maximum atomic E-state index is 12.6. The molecule has 0 saturated heterocycles. The molecule has 0 radical (unpaired) electrons. The molecule has 0 saturated carbocycles. The number of hydrogen-bond acceptors (Lipinski definition) is 4. The predicted octanol–water partition coefficient (Wildman–Crippen LogP) is 5.59. The lowest BCUT2D eigenvalue weighted by atomic mass is 10.0. The molecule has 0 unspecified atom stereocenters. The van der Waals surface area contributed by atoms with Crippen LogP contribution in [0.3, 0.4) is 0 Å². The van der Waals surface area contributed by atoms with Crippen LogP contribution in [0.2, 0.25) is 0 Å². The summed E-state index contributed by atoms with van der Waals surface area (Å²) < 4.78 is 6.45. The number of hydrogen-bond donors (Lipinski definition) is 1. The van der Waals surface area contributed by atoms with Gasteiger partial charge in [-0.15, -0.1) is 0 Å². The van der Waals surface area contributed by atoms with Crippen molar-refractivity contribution in [1.29, 1.82) is 0 Å². The van der Waals surface area contributed by atoms with Gasteiger partial charge in [0, 0.05) is 15.6 Å². The number of nitrogens with one attached hydrogen (secondary N) is 1. The second kappa shape index (κ2) is 9.36. The summed E-state index contributed by atoms with van der Waals surface area (Å²) in [6.45, 7) is 0. The Bertz CT molecular complexity index is 1290. The van der Waals surface area contributed by atoms with Gasteiger partial charge in [-0.1, -0.05) is 70.5 Å². The van der Waals surface area contributed by atoms with Gasteiger partial charge in [-0.25, -0.2) is 10.2 Å². The van der Waals surface area contributed by atoms with Crippen LogP contribution in [0.5, 0.6) is 5.75 Å². The van der Waals surface area contributed by atoms with E-state index in [0.29, 0.717) is 22.4 Å². The van der Waals surface area contributed by atoms with Crippen LogP contribution < -0.4 is 10.2 Å². The fraction of sp³-hybridized carbons (Fsp3) is 0. The van der Waals surface area contributed by atoms with Crippen LogP contribution in [0.15, 0.2) is 101 Å². The highest BCUT2D eigenvalue weighted by Crippen LogP contribution is 2.27. The zero-order valence-corrected chi connectivity index (χ0v) is 17.9. The maximum Gasteiger partial charge on any atom is 0.343 e. The zero-order chi connectivity index (χ0) is 21.6. The number of benzene rings is 4. The second-order valence-electron chi connectivity index (χ2n) is 6.66. The van der Waals surface area contributed by atoms with Crippen LogP contribution in [0.1, 0.15) is 26.3 Å². The number of nitrogens with zero attached hydrogens (tertiary/aromatic N) is 1. The normalized spacial score (nSPS) is 10.9. The van der Waals surface area contributed by atoms with Crippen molar-refractivity contribution in [2.24, 2.45) is 5.10 Å². The Hall–Kier alpha value is -3.77. The highest BCUT2D eigenvalue weighted by atomic mass is 79.9. The molecule has 152 valence electrons. The molecule has 5 nitrogen and oxygen atoms in total. The van der Waals surface area contributed by atoms with E-state index in [1.165, 1.54) is 6.21 Å². The molecular formula is C25H17BrN2O3. The van der Waals surface area contributed by atoms with E-state index < -0.39 is 5.97 Å². The molecule has 0 aliphatic carbocycles. The van der Waals surface area contributed by atoms with Crippen molar-refractivity contribution in [3.8, 4) is 5.75 Å². The molecule has 4 aromatic rings. The molecule has 31 heavy (non-hydrogen) atoms. The lowest BCUT2D eigenvalue weighted by Crippen LogP contribution is -2.17. The van der Waals surface area contributed by atoms with Gasteiger partial charge in [0.25, 0.3) is 5.91 Å². The summed E-state index contributed by atoms with van der Waals surface area (Å²) in [7, 11) is 0. The Kier molecular flexibility index (Phi) is 6.19. The van der Waals surface area contributed by atoms with Crippen molar-refractivity contribution >= 4 is 44.8 Å². The first-order chi connectivity index (χ1) is 15.1. The molecule has 0 aliphatic rings. The summed E-state index contributed by atoms with van der Waals surface area (Å²) in [5.74, 6) is -0.461. The van der Waals surface area contributed by atoms with Crippen molar-refractivity contribution < 1.29 is 14.3 Å². The minimum absolute atomic E-state index is 0.347. The molecule has 0 spiro atoms. The van der Waals surface area contributed by atoms with E-state index in [1.54, 1.807) is 48.5 Å². The van der Waals surface area contributed by atoms with Crippen LogP contribution >= 0.6 is 15.9 Å². The smallest absolute Gasteiger partial charge is 0.343 e. The van der Waals surface area contributed by atoms with Gasteiger partial charge in [0.1, 0.15) is 5.75 Å². The van der Waals surface area contributed by atoms with Crippen molar-refractivity contribution in [3.05, 3.63) is 112 Å². The molecule has 0 aromatic heterocycles. The van der Waals surface area contributed by atoms with E-state index in [1.807, 2.05) is 42.5 Å². The van der Waals surface area contributed by atoms with Gasteiger partial charge in [-0.05, 0) is 47.2 Å². The fourth-order valence-corrected chi connectivity index (χ4v) is 3.48. The number of rotatable bonds is 5. The highest BCUT2D eigenvalue weighted by Gasteiger charge is 2.13. The number of ether oxygens (including phenoxy) is 1. The Morgan fingerprint density at radius 2 is 1.58 bits per heavy atom. The first kappa shape index (κ1) is 20.5. The molecule has 0 heterocycles. The number of esters is 1. The van der Waals surface area contributed by atoms with E-state index in [2.05, 4.69) is 26.5 Å². The molecule has 1 N–H and O–H groups in total. The third kappa shape index (κ3) is 4.87. The molecule has 6 heteroatoms. The molecule has 4 aromatic carbocycles. The molecule has 1 amide bonds. The Balaban J connectivity index is 1.63. The maximum absolute atomic E-state index is 12.6. The lowest BCUT2D eigenvalue weighted by molar-refractivity contribution is 0.0734. The Morgan fingerprint density at radius 1 is 0.839 bits per heavy atom. The quantitative estimate of drug-likeness (QED) is 0.178. The van der Waals surface area contributed by atoms with E-state index >= 15 is 0 Å². The van der Waals surface area contributed by atoms with Crippen LogP contribution in [-0.4, -0.2) is 18.1 Å². The summed E-state index contributed by atoms with van der Waals surface area (Å²) in [6, 6.07) is 27.0. The summed E-state index contributed by atoms with van der Waals surface area (Å²) in [6.07, 6.45) is 1.49. The van der Waals surface area contributed by atoms with Crippen molar-refractivity contribution in [2.75, 3.05) is 0 Å². The van der Waals surface area contributed by atoms with Crippen LogP contribution in [0, 0.1) is 0 Å². The molecular weight excluding hydrogens is 456 g/mol. The topological polar surface area (TPSA) is 67.8 Å². The average Bonchev–Trinajstić information content (AvgIpc) is 2.80. The lowest BCUT2D eigenvalue weighted by Gasteiger charge is -2.10. The third-order valence-electron chi connectivity index (χ3n) is 4.59. The number of carbonyl (C=O) groups is 2. The molecule has 0 fully saturated rings. The summed E-state index contributed by atoms with van der Waals surface area (Å²) in [5, 5.41) is 5.92. The van der Waals surface area contributed by atoms with Crippen molar-refractivity contribution in [2.45, 2.75) is 0 Å². The van der Waals surface area contributed by atoms with Gasteiger partial charge < -0.3 is 4.74 Å². The summed E-state index contributed by atoms with van der Waals surface area (Å²) >= 11 is 3.35. The number of amides is 1. The van der Waals surface area contributed by atoms with Gasteiger partial charge in [-0.3, -0.25) is 4.79 Å². The van der Waals surface area contributed by atoms with Crippen LogP contribution in [0.25, 0.3) is 10.8 Å². The molecule has 0 aliphatic heterocycles. The van der Waals surface area contributed by atoms with Crippen molar-refractivity contribution in [1.82, 2.24) is 5.43 Å². The largest absolute Gasteiger partial charge is 0.422 e. The minimum atomic E-state index is -0.469. The zero-order valence-electron chi connectivity index (χ0n) is 16.3. The van der Waals surface area contributed by atoms with Gasteiger partial charge >= 0.3 is 5.97 Å². The fourth-order valence-electron chi connectivity index (χ4n) is 3.08. The van der Waals surface area contributed by atoms with Gasteiger partial charge in [0.2, 0.25) is 0 Å². The van der Waals surface area contributed by atoms with Crippen LogP contribution in [-0.2, 0) is 0 Å². The molecule has 0 bridgehead atoms. The van der Waals surface area contributed by atoms with Crippen molar-refractivity contribution in [3.63, 3.8) is 0 Å². The number of carbonyl (C=O) groups excluding carboxylic acids is 2. The average molecular weight is 473 g/mol. The first-order valence-electron chi connectivity index (χ1n) is 9.50. The van der Waals surface area contributed by atoms with Gasteiger partial charge in [-0.2, -0.15) is 5.10 Å². The highest BCUT2D eigenvalue weighted by molar-refractivity contribution is 9.10. The van der Waals surface area contributed by atoms with E-state index in [0.717, 1.165) is 15.2 Å². The van der Waals surface area contributed by atoms with E-state index in [9.17, 15) is 9.59 Å². The SMILES string of the molecule is O=C(NN=Cc1c(OC(=O)c2ccccc2)ccc2ccccc12)c1cccc(Br)c1. The Labute approximate surface area is 187 Å². The number of halogens is 1. The Morgan fingerprint density at radius 3 is 2.39 bits per heavy atom. The predicted molar refractivity (Wildman–Crippen MR) is 125 cm³/mol. The minimum Gasteiger partial charge on any atom is -0.422 e. The van der Waals surface area contributed by atoms with E-state index in [4.69, 9.17) is 4.74 Å². The third-order valence-corrected chi connectivity index (χ3v) is 5.08. The van der Waals surface area contributed by atoms with Crippen LogP contribution in [0.4, 0.5) is 0 Å². The van der Waals surface area contributed by atoms with Gasteiger partial charge in [0.05, 0.1) is 11.8 Å². The number of fused-ring (bicyclic) bond motifs is 1. The standard InChI is InChI=1S/C25H17BrN2O3/c26-20-11-6-10-19(15-20)24(29)28-27-16-22-21-12-5-4-7-17(21)13-14-23(22)31-25(30)18-8-2-1-3-9-18/h1-16H,(H,28,29). The number of hydrazone groups is 1. The monoisotopic (exact) mass is 472 g/mol. The molecule has 0 atom stereocenters. The van der Waals surface area contributed by atoms with E-state index in [-0.39, 0.29) is 5.91 Å². The summed E-state index contributed by atoms with van der Waals surface area (Å²) in [4.78, 5) is 24.9.